The standard InChI is InChI=1S/C22H21N/c1-22(2,3)18-12-6-9-15-21(18)23-19-13-7-4-10-16(19)17-11-5-8-14-20(17)23/h4-15H,1-3H3/i4D,5D,6D,7D,8D,9D,10D,11D,12D,13D,14D,15D. The predicted molar refractivity (Wildman–Crippen MR) is 99.5 cm³/mol. The molecule has 0 fully saturated rings. The van der Waals surface area contributed by atoms with E-state index < -0.39 is 71.9 Å². The van der Waals surface area contributed by atoms with Gasteiger partial charge < -0.3 is 4.57 Å². The summed E-state index contributed by atoms with van der Waals surface area (Å²) in [6.45, 7) is 5.18. The zero-order valence-electron chi connectivity index (χ0n) is 24.9. The maximum Gasteiger partial charge on any atom is 0.0645 e. The number of hydrogen-bond donors (Lipinski definition) is 0. The van der Waals surface area contributed by atoms with E-state index in [4.69, 9.17) is 16.4 Å². The van der Waals surface area contributed by atoms with Gasteiger partial charge in [-0.3, -0.25) is 0 Å². The second kappa shape index (κ2) is 4.99. The molecule has 0 saturated carbocycles. The van der Waals surface area contributed by atoms with Crippen LogP contribution in [0.5, 0.6) is 0 Å². The fourth-order valence-corrected chi connectivity index (χ4v) is 2.66. The molecule has 3 aromatic carbocycles. The summed E-state index contributed by atoms with van der Waals surface area (Å²) in [7, 11) is 0. The molecule has 1 nitrogen and oxygen atoms in total. The quantitative estimate of drug-likeness (QED) is 0.401. The van der Waals surface area contributed by atoms with Crippen LogP contribution in [0.4, 0.5) is 0 Å². The normalized spacial score (nSPS) is 19.4. The number of aromatic nitrogens is 1. The summed E-state index contributed by atoms with van der Waals surface area (Å²) >= 11 is 0. The number of hydrogen-bond acceptors (Lipinski definition) is 0. The zero-order valence-corrected chi connectivity index (χ0v) is 12.9. The lowest BCUT2D eigenvalue weighted by Crippen LogP contribution is -2.15. The molecule has 1 aromatic heterocycles. The van der Waals surface area contributed by atoms with E-state index in [0.717, 1.165) is 4.57 Å². The smallest absolute Gasteiger partial charge is 0.0645 e. The summed E-state index contributed by atoms with van der Waals surface area (Å²) < 4.78 is 102. The molecule has 0 N–H and O–H groups in total. The Morgan fingerprint density at radius 2 is 1.17 bits per heavy atom. The first-order valence-electron chi connectivity index (χ1n) is 13.2. The molecule has 1 heterocycles. The van der Waals surface area contributed by atoms with Crippen LogP contribution in [0.2, 0.25) is 0 Å². The van der Waals surface area contributed by atoms with Gasteiger partial charge in [0.15, 0.2) is 0 Å². The summed E-state index contributed by atoms with van der Waals surface area (Å²) in [5, 5.41) is -0.296. The largest absolute Gasteiger partial charge is 0.309 e. The lowest BCUT2D eigenvalue weighted by atomic mass is 9.85. The van der Waals surface area contributed by atoms with Gasteiger partial charge in [0.2, 0.25) is 0 Å². The van der Waals surface area contributed by atoms with Crippen molar-refractivity contribution >= 4 is 21.8 Å². The van der Waals surface area contributed by atoms with Crippen LogP contribution in [-0.4, -0.2) is 4.57 Å². The topological polar surface area (TPSA) is 4.93 Å². The predicted octanol–water partition coefficient (Wildman–Crippen LogP) is 6.08. The third-order valence-corrected chi connectivity index (χ3v) is 3.67. The second-order valence-electron chi connectivity index (χ2n) is 6.26. The molecule has 0 aliphatic carbocycles. The molecule has 0 unspecified atom stereocenters. The van der Waals surface area contributed by atoms with E-state index >= 15 is 0 Å². The van der Waals surface area contributed by atoms with Crippen LogP contribution < -0.4 is 0 Å². The lowest BCUT2D eigenvalue weighted by Gasteiger charge is -2.24. The van der Waals surface area contributed by atoms with E-state index in [1.54, 1.807) is 20.8 Å². The summed E-state index contributed by atoms with van der Waals surface area (Å²) in [6, 6.07) is -6.31. The van der Waals surface area contributed by atoms with Crippen molar-refractivity contribution in [1.29, 1.82) is 0 Å². The fourth-order valence-electron chi connectivity index (χ4n) is 2.66. The van der Waals surface area contributed by atoms with Crippen molar-refractivity contribution in [3.05, 3.63) is 78.1 Å². The molecular weight excluding hydrogens is 278 g/mol. The van der Waals surface area contributed by atoms with Gasteiger partial charge in [0.1, 0.15) is 0 Å². The van der Waals surface area contributed by atoms with E-state index in [1.807, 2.05) is 0 Å². The summed E-state index contributed by atoms with van der Waals surface area (Å²) in [5.41, 5.74) is -1.23. The summed E-state index contributed by atoms with van der Waals surface area (Å²) in [5.74, 6) is 0. The molecule has 0 aliphatic heterocycles. The highest BCUT2D eigenvalue weighted by Gasteiger charge is 2.20. The molecule has 0 amide bonds. The molecule has 0 aliphatic rings. The molecule has 0 bridgehead atoms. The van der Waals surface area contributed by atoms with Crippen molar-refractivity contribution < 1.29 is 16.4 Å². The Labute approximate surface area is 154 Å². The first-order chi connectivity index (χ1) is 16.1. The van der Waals surface area contributed by atoms with Crippen molar-refractivity contribution in [3.8, 4) is 5.69 Å². The highest BCUT2D eigenvalue weighted by Crippen LogP contribution is 2.35. The van der Waals surface area contributed by atoms with Gasteiger partial charge >= 0.3 is 0 Å². The number of fused-ring (bicyclic) bond motifs is 3. The molecule has 0 radical (unpaired) electrons. The van der Waals surface area contributed by atoms with Crippen LogP contribution in [-0.2, 0) is 5.41 Å². The van der Waals surface area contributed by atoms with Crippen molar-refractivity contribution in [2.45, 2.75) is 26.2 Å². The molecular formula is C22H21N. The lowest BCUT2D eigenvalue weighted by molar-refractivity contribution is 0.587. The van der Waals surface area contributed by atoms with Crippen molar-refractivity contribution in [3.63, 3.8) is 0 Å². The zero-order chi connectivity index (χ0) is 26.5. The first kappa shape index (κ1) is 6.16. The van der Waals surface area contributed by atoms with Crippen LogP contribution in [0.1, 0.15) is 42.8 Å². The van der Waals surface area contributed by atoms with E-state index in [9.17, 15) is 0 Å². The highest BCUT2D eigenvalue weighted by molar-refractivity contribution is 6.09. The van der Waals surface area contributed by atoms with Gasteiger partial charge in [0.25, 0.3) is 0 Å². The van der Waals surface area contributed by atoms with Crippen LogP contribution in [0.3, 0.4) is 0 Å². The highest BCUT2D eigenvalue weighted by atomic mass is 15.0. The summed E-state index contributed by atoms with van der Waals surface area (Å²) in [6.07, 6.45) is 0. The average Bonchev–Trinajstić information content (AvgIpc) is 3.14. The molecule has 23 heavy (non-hydrogen) atoms. The molecule has 0 spiro atoms. The Morgan fingerprint density at radius 3 is 1.74 bits per heavy atom. The van der Waals surface area contributed by atoms with Gasteiger partial charge in [-0.1, -0.05) is 75.2 Å². The average molecular weight is 311 g/mol. The minimum absolute atomic E-state index is 0.126. The van der Waals surface area contributed by atoms with Gasteiger partial charge in [0.05, 0.1) is 27.5 Å². The van der Waals surface area contributed by atoms with Gasteiger partial charge in [-0.2, -0.15) is 0 Å². The van der Waals surface area contributed by atoms with Crippen LogP contribution in [0.25, 0.3) is 27.5 Å². The second-order valence-corrected chi connectivity index (χ2v) is 6.26. The molecule has 0 saturated heterocycles. The van der Waals surface area contributed by atoms with E-state index in [0.29, 0.717) is 0 Å². The van der Waals surface area contributed by atoms with Crippen LogP contribution >= 0.6 is 0 Å². The Hall–Kier alpha value is -2.54. The van der Waals surface area contributed by atoms with Gasteiger partial charge in [-0.05, 0) is 29.1 Å². The Bertz CT molecular complexity index is 1520. The fraction of sp³-hybridized carbons (Fsp3) is 0.182. The molecule has 0 atom stereocenters. The van der Waals surface area contributed by atoms with Crippen LogP contribution in [0.15, 0.2) is 72.5 Å². The SMILES string of the molecule is [2H]c1c([2H])c([2H])c(C(C)(C)C)c(-n2c3c([2H])c([2H])c([2H])c([2H])c3c3c([2H])c([2H])c([2H])c([2H])c32)c1[2H]. The third-order valence-electron chi connectivity index (χ3n) is 3.67. The summed E-state index contributed by atoms with van der Waals surface area (Å²) in [4.78, 5) is 0. The van der Waals surface area contributed by atoms with Crippen molar-refractivity contribution in [2.75, 3.05) is 0 Å². The minimum atomic E-state index is -0.870. The molecule has 1 heteroatoms. The maximum absolute atomic E-state index is 8.72. The Kier molecular flexibility index (Phi) is 1.34. The van der Waals surface area contributed by atoms with Gasteiger partial charge in [-0.15, -0.1) is 0 Å². The first-order valence-corrected chi connectivity index (χ1v) is 7.17. The van der Waals surface area contributed by atoms with Gasteiger partial charge in [0, 0.05) is 16.5 Å². The Morgan fingerprint density at radius 1 is 0.696 bits per heavy atom. The van der Waals surface area contributed by atoms with Crippen LogP contribution in [0, 0.1) is 0 Å². The number of nitrogens with zero attached hydrogens (tertiary/aromatic N) is 1. The van der Waals surface area contributed by atoms with E-state index in [-0.39, 0.29) is 39.1 Å². The van der Waals surface area contributed by atoms with Gasteiger partial charge in [-0.25, -0.2) is 0 Å². The number of rotatable bonds is 1. The number of benzene rings is 3. The van der Waals surface area contributed by atoms with E-state index in [1.165, 1.54) is 0 Å². The van der Waals surface area contributed by atoms with Crippen molar-refractivity contribution in [1.82, 2.24) is 4.57 Å². The molecule has 114 valence electrons. The Balaban J connectivity index is 2.53. The maximum atomic E-state index is 8.72. The third kappa shape index (κ3) is 2.16. The molecule has 4 rings (SSSR count). The van der Waals surface area contributed by atoms with Crippen molar-refractivity contribution in [2.24, 2.45) is 0 Å². The number of para-hydroxylation sites is 3. The molecule has 4 aromatic rings. The van der Waals surface area contributed by atoms with E-state index in [2.05, 4.69) is 0 Å². The minimum Gasteiger partial charge on any atom is -0.309 e. The monoisotopic (exact) mass is 311 g/mol.